The molecule has 6 nitrogen and oxygen atoms in total. The van der Waals surface area contributed by atoms with E-state index >= 15 is 0 Å². The number of benzene rings is 2. The Bertz CT molecular complexity index is 940. The molecule has 1 fully saturated rings. The van der Waals surface area contributed by atoms with Crippen molar-refractivity contribution in [3.05, 3.63) is 53.1 Å². The van der Waals surface area contributed by atoms with Crippen LogP contribution in [0.3, 0.4) is 0 Å². The number of aryl methyl sites for hydroxylation is 1. The number of rotatable bonds is 7. The summed E-state index contributed by atoms with van der Waals surface area (Å²) in [7, 11) is -4.00. The van der Waals surface area contributed by atoms with E-state index in [4.69, 9.17) is 15.8 Å². The maximum Gasteiger partial charge on any atom is 0.339 e. The number of hydrogen-bond donors (Lipinski definition) is 0. The summed E-state index contributed by atoms with van der Waals surface area (Å²) >= 11 is 5.96. The van der Waals surface area contributed by atoms with Gasteiger partial charge in [-0.3, -0.25) is 4.90 Å². The zero-order chi connectivity index (χ0) is 20.3. The Hall–Kier alpha value is -2.25. The number of carbonyl (C=O) groups is 1. The maximum atomic E-state index is 12.5. The standard InChI is InChI=1S/C20H23ClN2O4S/c1-3-4-9-22-10-11-23(20(22)24)17-5-7-19(8-6-17)28(25,26)27-18-13-15(2)12-16(21)14-18/h5-8,12-14H,3-4,9-11H2,1-2H3. The molecule has 8 heteroatoms. The van der Waals surface area contributed by atoms with Gasteiger partial charge in [0.05, 0.1) is 0 Å². The second-order valence-corrected chi connectivity index (χ2v) is 8.75. The predicted molar refractivity (Wildman–Crippen MR) is 110 cm³/mol. The van der Waals surface area contributed by atoms with Crippen LogP contribution in [0.4, 0.5) is 10.5 Å². The van der Waals surface area contributed by atoms with Crippen LogP contribution in [0.5, 0.6) is 5.75 Å². The molecule has 0 radical (unpaired) electrons. The molecule has 0 saturated carbocycles. The van der Waals surface area contributed by atoms with Gasteiger partial charge in [0, 0.05) is 36.4 Å². The SMILES string of the molecule is CCCCN1CCN(c2ccc(S(=O)(=O)Oc3cc(C)cc(Cl)c3)cc2)C1=O. The lowest BCUT2D eigenvalue weighted by molar-refractivity contribution is 0.220. The van der Waals surface area contributed by atoms with E-state index in [-0.39, 0.29) is 16.7 Å². The number of halogens is 1. The van der Waals surface area contributed by atoms with Crippen LogP contribution in [0.2, 0.25) is 5.02 Å². The molecule has 1 heterocycles. The van der Waals surface area contributed by atoms with Crippen molar-refractivity contribution in [3.8, 4) is 5.75 Å². The molecule has 0 unspecified atom stereocenters. The minimum Gasteiger partial charge on any atom is -0.379 e. The Morgan fingerprint density at radius 2 is 1.82 bits per heavy atom. The Morgan fingerprint density at radius 3 is 2.46 bits per heavy atom. The Balaban J connectivity index is 1.74. The highest BCUT2D eigenvalue weighted by atomic mass is 35.5. The van der Waals surface area contributed by atoms with Crippen LogP contribution in [0.25, 0.3) is 0 Å². The van der Waals surface area contributed by atoms with E-state index in [0.29, 0.717) is 23.8 Å². The van der Waals surface area contributed by atoms with Crippen LogP contribution in [0.1, 0.15) is 25.3 Å². The summed E-state index contributed by atoms with van der Waals surface area (Å²) in [6.07, 6.45) is 2.00. The molecule has 0 aliphatic carbocycles. The van der Waals surface area contributed by atoms with Gasteiger partial charge in [-0.15, -0.1) is 0 Å². The highest BCUT2D eigenvalue weighted by molar-refractivity contribution is 7.87. The van der Waals surface area contributed by atoms with Crippen LogP contribution >= 0.6 is 11.6 Å². The lowest BCUT2D eigenvalue weighted by Crippen LogP contribution is -2.32. The maximum absolute atomic E-state index is 12.5. The molecule has 0 N–H and O–H groups in total. The molecule has 2 aromatic carbocycles. The number of urea groups is 1. The van der Waals surface area contributed by atoms with Crippen LogP contribution in [0.15, 0.2) is 47.4 Å². The van der Waals surface area contributed by atoms with Crippen molar-refractivity contribution in [1.82, 2.24) is 4.90 Å². The van der Waals surface area contributed by atoms with Crippen molar-refractivity contribution in [2.45, 2.75) is 31.6 Å². The van der Waals surface area contributed by atoms with Gasteiger partial charge in [0.2, 0.25) is 0 Å². The summed E-state index contributed by atoms with van der Waals surface area (Å²) in [4.78, 5) is 16.0. The highest BCUT2D eigenvalue weighted by Crippen LogP contribution is 2.26. The summed E-state index contributed by atoms with van der Waals surface area (Å²) in [5.41, 5.74) is 1.47. The molecule has 3 rings (SSSR count). The summed E-state index contributed by atoms with van der Waals surface area (Å²) in [5.74, 6) is 0.162. The normalized spacial score (nSPS) is 14.6. The number of anilines is 1. The van der Waals surface area contributed by atoms with E-state index in [0.717, 1.165) is 24.9 Å². The second kappa shape index (κ2) is 8.41. The predicted octanol–water partition coefficient (Wildman–Crippen LogP) is 4.46. The first-order chi connectivity index (χ1) is 13.3. The topological polar surface area (TPSA) is 66.9 Å². The lowest BCUT2D eigenvalue weighted by Gasteiger charge is -2.18. The van der Waals surface area contributed by atoms with Gasteiger partial charge in [-0.25, -0.2) is 4.79 Å². The Morgan fingerprint density at radius 1 is 1.11 bits per heavy atom. The minimum atomic E-state index is -4.00. The molecule has 1 aliphatic heterocycles. The Labute approximate surface area is 170 Å². The third-order valence-corrected chi connectivity index (χ3v) is 6.01. The quantitative estimate of drug-likeness (QED) is 0.618. The molecule has 0 aromatic heterocycles. The van der Waals surface area contributed by atoms with Gasteiger partial charge < -0.3 is 9.08 Å². The fourth-order valence-electron chi connectivity index (χ4n) is 3.10. The minimum absolute atomic E-state index is 0.0170. The molecule has 1 aliphatic rings. The first-order valence-electron chi connectivity index (χ1n) is 9.18. The van der Waals surface area contributed by atoms with E-state index < -0.39 is 10.1 Å². The molecule has 0 atom stereocenters. The third kappa shape index (κ3) is 4.59. The average Bonchev–Trinajstić information content (AvgIpc) is 2.99. The molecular weight excluding hydrogens is 400 g/mol. The molecule has 2 aromatic rings. The second-order valence-electron chi connectivity index (χ2n) is 6.77. The fraction of sp³-hybridized carbons (Fsp3) is 0.350. The highest BCUT2D eigenvalue weighted by Gasteiger charge is 2.29. The van der Waals surface area contributed by atoms with E-state index in [2.05, 4.69) is 6.92 Å². The van der Waals surface area contributed by atoms with E-state index in [1.54, 1.807) is 36.1 Å². The first-order valence-corrected chi connectivity index (χ1v) is 11.0. The molecule has 2 amide bonds. The number of unbranched alkanes of at least 4 members (excludes halogenated alkanes) is 1. The van der Waals surface area contributed by atoms with Gasteiger partial charge in [0.25, 0.3) is 0 Å². The van der Waals surface area contributed by atoms with Gasteiger partial charge in [-0.2, -0.15) is 8.42 Å². The number of hydrogen-bond acceptors (Lipinski definition) is 4. The Kier molecular flexibility index (Phi) is 6.15. The molecule has 150 valence electrons. The van der Waals surface area contributed by atoms with Gasteiger partial charge in [-0.05, 0) is 55.3 Å². The van der Waals surface area contributed by atoms with Crippen molar-refractivity contribution >= 4 is 33.4 Å². The summed E-state index contributed by atoms with van der Waals surface area (Å²) in [6, 6.07) is 10.9. The lowest BCUT2D eigenvalue weighted by atomic mass is 10.2. The largest absolute Gasteiger partial charge is 0.379 e. The summed E-state index contributed by atoms with van der Waals surface area (Å²) in [6.45, 7) is 5.90. The van der Waals surface area contributed by atoms with Crippen LogP contribution in [0, 0.1) is 6.92 Å². The molecule has 0 bridgehead atoms. The fourth-order valence-corrected chi connectivity index (χ4v) is 4.29. The molecular formula is C20H23ClN2O4S. The molecule has 28 heavy (non-hydrogen) atoms. The first kappa shape index (κ1) is 20.5. The van der Waals surface area contributed by atoms with Crippen molar-refractivity contribution < 1.29 is 17.4 Å². The summed E-state index contributed by atoms with van der Waals surface area (Å²) in [5, 5.41) is 0.403. The van der Waals surface area contributed by atoms with Gasteiger partial charge in [-0.1, -0.05) is 24.9 Å². The van der Waals surface area contributed by atoms with Crippen LogP contribution < -0.4 is 9.08 Å². The van der Waals surface area contributed by atoms with E-state index in [1.807, 2.05) is 4.90 Å². The zero-order valence-electron chi connectivity index (χ0n) is 15.9. The van der Waals surface area contributed by atoms with Crippen molar-refractivity contribution in [1.29, 1.82) is 0 Å². The van der Waals surface area contributed by atoms with Gasteiger partial charge in [0.1, 0.15) is 10.6 Å². The van der Waals surface area contributed by atoms with Gasteiger partial charge >= 0.3 is 16.1 Å². The summed E-state index contributed by atoms with van der Waals surface area (Å²) < 4.78 is 30.3. The van der Waals surface area contributed by atoms with Crippen LogP contribution in [-0.2, 0) is 10.1 Å². The number of carbonyl (C=O) groups excluding carboxylic acids is 1. The third-order valence-electron chi connectivity index (χ3n) is 4.54. The van der Waals surface area contributed by atoms with Crippen LogP contribution in [-0.4, -0.2) is 39.0 Å². The number of amides is 2. The zero-order valence-corrected chi connectivity index (χ0v) is 17.5. The van der Waals surface area contributed by atoms with Gasteiger partial charge in [0.15, 0.2) is 0 Å². The van der Waals surface area contributed by atoms with E-state index in [9.17, 15) is 13.2 Å². The average molecular weight is 423 g/mol. The number of nitrogens with zero attached hydrogens (tertiary/aromatic N) is 2. The molecule has 1 saturated heterocycles. The monoisotopic (exact) mass is 422 g/mol. The van der Waals surface area contributed by atoms with Crippen molar-refractivity contribution in [2.75, 3.05) is 24.5 Å². The smallest absolute Gasteiger partial charge is 0.339 e. The van der Waals surface area contributed by atoms with E-state index in [1.165, 1.54) is 18.2 Å². The van der Waals surface area contributed by atoms with Crippen molar-refractivity contribution in [3.63, 3.8) is 0 Å². The molecule has 0 spiro atoms. The van der Waals surface area contributed by atoms with Crippen molar-refractivity contribution in [2.24, 2.45) is 0 Å².